The molecule has 2 rings (SSSR count). The summed E-state index contributed by atoms with van der Waals surface area (Å²) in [6.45, 7) is 1.69. The van der Waals surface area contributed by atoms with E-state index in [1.807, 2.05) is 0 Å². The number of pyridine rings is 1. The normalized spacial score (nSPS) is 12.0. The third-order valence-electron chi connectivity index (χ3n) is 2.92. The summed E-state index contributed by atoms with van der Waals surface area (Å²) in [6.07, 6.45) is 0. The third-order valence-corrected chi connectivity index (χ3v) is 4.73. The van der Waals surface area contributed by atoms with Gasteiger partial charge in [-0.3, -0.25) is 4.98 Å². The highest BCUT2D eigenvalue weighted by Crippen LogP contribution is 2.23. The quantitative estimate of drug-likeness (QED) is 0.926. The van der Waals surface area contributed by atoms with Crippen LogP contribution >= 0.6 is 0 Å². The average Bonchev–Trinajstić information content (AvgIpc) is 2.36. The number of carbonyl (C=O) groups is 1. The Morgan fingerprint density at radius 1 is 1.25 bits per heavy atom. The van der Waals surface area contributed by atoms with Crippen molar-refractivity contribution in [3.05, 3.63) is 35.5 Å². The predicted octanol–water partition coefficient (Wildman–Crippen LogP) is 1.49. The fraction of sp³-hybridized carbons (Fsp3) is 0.231. The summed E-state index contributed by atoms with van der Waals surface area (Å²) in [6, 6.07) is 5.72. The number of rotatable bonds is 3. The molecule has 0 fully saturated rings. The lowest BCUT2D eigenvalue weighted by Gasteiger charge is -2.12. The summed E-state index contributed by atoms with van der Waals surface area (Å²) in [7, 11) is -0.765. The Labute approximate surface area is 116 Å². The number of aromatic nitrogens is 1. The van der Waals surface area contributed by atoms with E-state index in [0.29, 0.717) is 16.6 Å². The second kappa shape index (κ2) is 4.84. The highest BCUT2D eigenvalue weighted by Gasteiger charge is 2.19. The lowest BCUT2D eigenvalue weighted by Crippen LogP contribution is -2.22. The van der Waals surface area contributed by atoms with E-state index in [9.17, 15) is 18.3 Å². The molecular weight excluding hydrogens is 280 g/mol. The fourth-order valence-corrected chi connectivity index (χ4v) is 2.81. The van der Waals surface area contributed by atoms with Gasteiger partial charge < -0.3 is 5.11 Å². The van der Waals surface area contributed by atoms with Crippen molar-refractivity contribution in [2.75, 3.05) is 14.1 Å². The first-order valence-corrected chi connectivity index (χ1v) is 7.24. The van der Waals surface area contributed by atoms with Gasteiger partial charge >= 0.3 is 5.97 Å². The van der Waals surface area contributed by atoms with E-state index in [0.717, 1.165) is 4.31 Å². The zero-order chi connectivity index (χ0) is 15.1. The van der Waals surface area contributed by atoms with E-state index >= 15 is 0 Å². The molecule has 7 heteroatoms. The van der Waals surface area contributed by atoms with Crippen LogP contribution in [0.4, 0.5) is 0 Å². The number of hydrogen-bond acceptors (Lipinski definition) is 4. The Bertz CT molecular complexity index is 797. The monoisotopic (exact) mass is 294 g/mol. The molecule has 0 spiro atoms. The molecule has 0 aliphatic heterocycles. The van der Waals surface area contributed by atoms with Crippen molar-refractivity contribution in [2.45, 2.75) is 11.8 Å². The Hall–Kier alpha value is -1.99. The molecule has 0 aliphatic rings. The average molecular weight is 294 g/mol. The highest BCUT2D eigenvalue weighted by molar-refractivity contribution is 7.89. The van der Waals surface area contributed by atoms with Crippen LogP contribution in [0.2, 0.25) is 0 Å². The van der Waals surface area contributed by atoms with Crippen molar-refractivity contribution in [1.82, 2.24) is 9.29 Å². The van der Waals surface area contributed by atoms with Gasteiger partial charge in [0.2, 0.25) is 10.0 Å². The number of fused-ring (bicyclic) bond motifs is 1. The summed E-state index contributed by atoms with van der Waals surface area (Å²) in [4.78, 5) is 15.5. The van der Waals surface area contributed by atoms with E-state index < -0.39 is 16.0 Å². The number of carboxylic acids is 1. The summed E-state index contributed by atoms with van der Waals surface area (Å²) in [5.74, 6) is -1.11. The van der Waals surface area contributed by atoms with E-state index in [1.54, 1.807) is 6.92 Å². The lowest BCUT2D eigenvalue weighted by molar-refractivity contribution is 0.0699. The van der Waals surface area contributed by atoms with Gasteiger partial charge in [-0.15, -0.1) is 0 Å². The first-order chi connectivity index (χ1) is 9.23. The van der Waals surface area contributed by atoms with Gasteiger partial charge in [0.15, 0.2) is 0 Å². The maximum absolute atomic E-state index is 12.1. The van der Waals surface area contributed by atoms with Crippen molar-refractivity contribution in [1.29, 1.82) is 0 Å². The van der Waals surface area contributed by atoms with Crippen LogP contribution in [0.15, 0.2) is 29.2 Å². The van der Waals surface area contributed by atoms with Crippen LogP contribution in [0.25, 0.3) is 10.9 Å². The Kier molecular flexibility index (Phi) is 3.49. The second-order valence-corrected chi connectivity index (χ2v) is 6.73. The van der Waals surface area contributed by atoms with Crippen LogP contribution < -0.4 is 0 Å². The molecule has 0 saturated carbocycles. The van der Waals surface area contributed by atoms with Crippen LogP contribution in [0, 0.1) is 6.92 Å². The standard InChI is InChI=1S/C13H14N2O4S/c1-8-6-11(13(16)17)10-7-9(4-5-12(10)14-8)20(18,19)15(2)3/h4-7H,1-3H3,(H,16,17). The van der Waals surface area contributed by atoms with Crippen LogP contribution in [-0.4, -0.2) is 42.9 Å². The number of hydrogen-bond donors (Lipinski definition) is 1. The minimum Gasteiger partial charge on any atom is -0.478 e. The summed E-state index contributed by atoms with van der Waals surface area (Å²) in [5.41, 5.74) is 1.07. The number of aryl methyl sites for hydroxylation is 1. The summed E-state index contributed by atoms with van der Waals surface area (Å²) < 4.78 is 25.2. The minimum absolute atomic E-state index is 0.0446. The first-order valence-electron chi connectivity index (χ1n) is 5.80. The van der Waals surface area contributed by atoms with Gasteiger partial charge in [-0.2, -0.15) is 0 Å². The SMILES string of the molecule is Cc1cc(C(=O)O)c2cc(S(=O)(=O)N(C)C)ccc2n1. The number of nitrogens with zero attached hydrogens (tertiary/aromatic N) is 2. The largest absolute Gasteiger partial charge is 0.478 e. The van der Waals surface area contributed by atoms with Crippen LogP contribution in [0.5, 0.6) is 0 Å². The van der Waals surface area contributed by atoms with Gasteiger partial charge in [0, 0.05) is 25.2 Å². The predicted molar refractivity (Wildman–Crippen MR) is 74.3 cm³/mol. The van der Waals surface area contributed by atoms with Gasteiger partial charge in [-0.1, -0.05) is 0 Å². The Morgan fingerprint density at radius 2 is 1.90 bits per heavy atom. The smallest absolute Gasteiger partial charge is 0.336 e. The van der Waals surface area contributed by atoms with Crippen molar-refractivity contribution >= 4 is 26.9 Å². The van der Waals surface area contributed by atoms with Crippen molar-refractivity contribution in [3.63, 3.8) is 0 Å². The molecule has 1 N–H and O–H groups in total. The van der Waals surface area contributed by atoms with E-state index in [1.165, 1.54) is 38.4 Å². The van der Waals surface area contributed by atoms with E-state index in [2.05, 4.69) is 4.98 Å². The lowest BCUT2D eigenvalue weighted by atomic mass is 10.1. The van der Waals surface area contributed by atoms with Crippen molar-refractivity contribution in [3.8, 4) is 0 Å². The minimum atomic E-state index is -3.61. The third kappa shape index (κ3) is 2.37. The van der Waals surface area contributed by atoms with Crippen LogP contribution in [-0.2, 0) is 10.0 Å². The van der Waals surface area contributed by atoms with E-state index in [-0.39, 0.29) is 10.5 Å². The summed E-state index contributed by atoms with van der Waals surface area (Å²) in [5, 5.41) is 9.53. The molecule has 2 aromatic rings. The molecule has 0 atom stereocenters. The molecule has 1 heterocycles. The topological polar surface area (TPSA) is 87.6 Å². The molecule has 1 aromatic carbocycles. The number of benzene rings is 1. The van der Waals surface area contributed by atoms with Gasteiger partial charge in [0.25, 0.3) is 0 Å². The zero-order valence-corrected chi connectivity index (χ0v) is 12.1. The van der Waals surface area contributed by atoms with Crippen LogP contribution in [0.1, 0.15) is 16.1 Å². The molecular formula is C13H14N2O4S. The van der Waals surface area contributed by atoms with Crippen molar-refractivity contribution in [2.24, 2.45) is 0 Å². The second-order valence-electron chi connectivity index (χ2n) is 4.58. The molecule has 0 saturated heterocycles. The molecule has 6 nitrogen and oxygen atoms in total. The molecule has 20 heavy (non-hydrogen) atoms. The number of sulfonamides is 1. The molecule has 0 amide bonds. The number of carboxylic acid groups (broad SMARTS) is 1. The number of aromatic carboxylic acids is 1. The van der Waals surface area contributed by atoms with Crippen LogP contribution in [0.3, 0.4) is 0 Å². The zero-order valence-electron chi connectivity index (χ0n) is 11.3. The Balaban J connectivity index is 2.80. The van der Waals surface area contributed by atoms with Crippen molar-refractivity contribution < 1.29 is 18.3 Å². The molecule has 106 valence electrons. The molecule has 1 aromatic heterocycles. The van der Waals surface area contributed by atoms with Gasteiger partial charge in [0.05, 0.1) is 16.0 Å². The maximum Gasteiger partial charge on any atom is 0.336 e. The fourth-order valence-electron chi connectivity index (χ4n) is 1.89. The highest BCUT2D eigenvalue weighted by atomic mass is 32.2. The molecule has 0 aliphatic carbocycles. The van der Waals surface area contributed by atoms with Gasteiger partial charge in [0.1, 0.15) is 0 Å². The van der Waals surface area contributed by atoms with Gasteiger partial charge in [-0.05, 0) is 31.2 Å². The molecule has 0 radical (unpaired) electrons. The van der Waals surface area contributed by atoms with Gasteiger partial charge in [-0.25, -0.2) is 17.5 Å². The maximum atomic E-state index is 12.1. The molecule has 0 unspecified atom stereocenters. The Morgan fingerprint density at radius 3 is 2.45 bits per heavy atom. The summed E-state index contributed by atoms with van der Waals surface area (Å²) >= 11 is 0. The van der Waals surface area contributed by atoms with E-state index in [4.69, 9.17) is 0 Å². The first kappa shape index (κ1) is 14.4. The molecule has 0 bridgehead atoms.